The number of halogens is 1. The first-order chi connectivity index (χ1) is 8.69. The van der Waals surface area contributed by atoms with Crippen molar-refractivity contribution in [3.8, 4) is 0 Å². The number of hydrogen-bond acceptors (Lipinski definition) is 3. The van der Waals surface area contributed by atoms with Crippen molar-refractivity contribution >= 4 is 11.3 Å². The van der Waals surface area contributed by atoms with E-state index < -0.39 is 0 Å². The van der Waals surface area contributed by atoms with Crippen molar-refractivity contribution in [2.75, 3.05) is 6.54 Å². The normalized spacial score (nSPS) is 12.6. The highest BCUT2D eigenvalue weighted by molar-refractivity contribution is 7.09. The summed E-state index contributed by atoms with van der Waals surface area (Å²) in [6.45, 7) is 4.90. The minimum Gasteiger partial charge on any atom is -0.310 e. The Hall–Kier alpha value is -1.26. The van der Waals surface area contributed by atoms with Crippen LogP contribution < -0.4 is 5.32 Å². The van der Waals surface area contributed by atoms with Gasteiger partial charge < -0.3 is 5.32 Å². The van der Waals surface area contributed by atoms with Crippen LogP contribution in [0.25, 0.3) is 0 Å². The van der Waals surface area contributed by atoms with Crippen molar-refractivity contribution < 1.29 is 4.39 Å². The lowest BCUT2D eigenvalue weighted by atomic mass is 10.0. The maximum absolute atomic E-state index is 13.3. The summed E-state index contributed by atoms with van der Waals surface area (Å²) in [5.74, 6) is -0.190. The molecule has 1 unspecified atom stereocenters. The molecular formula is C14H17FN2S. The molecule has 2 nitrogen and oxygen atoms in total. The average Bonchev–Trinajstić information content (AvgIpc) is 2.74. The topological polar surface area (TPSA) is 24.9 Å². The van der Waals surface area contributed by atoms with Crippen LogP contribution in [0, 0.1) is 12.7 Å². The summed E-state index contributed by atoms with van der Waals surface area (Å²) in [6, 6.07) is 6.88. The fourth-order valence-corrected chi connectivity index (χ4v) is 2.61. The van der Waals surface area contributed by atoms with Gasteiger partial charge in [0, 0.05) is 17.8 Å². The highest BCUT2D eigenvalue weighted by atomic mass is 32.1. The highest BCUT2D eigenvalue weighted by Gasteiger charge is 2.13. The zero-order valence-corrected chi connectivity index (χ0v) is 11.4. The number of thiazole rings is 1. The molecular weight excluding hydrogens is 247 g/mol. The number of aryl methyl sites for hydroxylation is 1. The third-order valence-electron chi connectivity index (χ3n) is 2.78. The first-order valence-electron chi connectivity index (χ1n) is 6.09. The van der Waals surface area contributed by atoms with Gasteiger partial charge in [0.2, 0.25) is 0 Å². The molecule has 0 aliphatic rings. The third kappa shape index (κ3) is 3.37. The molecule has 0 fully saturated rings. The van der Waals surface area contributed by atoms with Crippen molar-refractivity contribution in [2.45, 2.75) is 26.3 Å². The van der Waals surface area contributed by atoms with Crippen LogP contribution in [0.1, 0.15) is 29.2 Å². The Morgan fingerprint density at radius 1 is 1.44 bits per heavy atom. The minimum atomic E-state index is -0.190. The molecule has 0 radical (unpaired) electrons. The molecule has 1 aromatic carbocycles. The maximum atomic E-state index is 13.3. The predicted molar refractivity (Wildman–Crippen MR) is 73.4 cm³/mol. The van der Waals surface area contributed by atoms with Gasteiger partial charge in [0.25, 0.3) is 0 Å². The molecule has 0 saturated heterocycles. The van der Waals surface area contributed by atoms with E-state index in [-0.39, 0.29) is 11.9 Å². The first-order valence-corrected chi connectivity index (χ1v) is 6.97. The number of likely N-dealkylation sites (N-methyl/N-ethyl adjacent to an activating group) is 1. The fraction of sp³-hybridized carbons (Fsp3) is 0.357. The van der Waals surface area contributed by atoms with Crippen molar-refractivity contribution in [3.63, 3.8) is 0 Å². The molecule has 0 aliphatic heterocycles. The Morgan fingerprint density at radius 3 is 2.89 bits per heavy atom. The Labute approximate surface area is 111 Å². The van der Waals surface area contributed by atoms with Crippen LogP contribution in [-0.2, 0) is 6.42 Å². The molecule has 1 atom stereocenters. The lowest BCUT2D eigenvalue weighted by Gasteiger charge is -2.17. The molecule has 4 heteroatoms. The molecule has 18 heavy (non-hydrogen) atoms. The molecule has 1 heterocycles. The number of nitrogens with one attached hydrogen (secondary N) is 1. The fourth-order valence-electron chi connectivity index (χ4n) is 1.99. The number of hydrogen-bond donors (Lipinski definition) is 1. The summed E-state index contributed by atoms with van der Waals surface area (Å²) in [5.41, 5.74) is 2.04. The van der Waals surface area contributed by atoms with Crippen LogP contribution >= 0.6 is 11.3 Å². The predicted octanol–water partition coefficient (Wildman–Crippen LogP) is 3.48. The lowest BCUT2D eigenvalue weighted by Crippen LogP contribution is -2.23. The second-order valence-corrected chi connectivity index (χ2v) is 5.29. The van der Waals surface area contributed by atoms with Gasteiger partial charge >= 0.3 is 0 Å². The third-order valence-corrected chi connectivity index (χ3v) is 3.60. The monoisotopic (exact) mass is 264 g/mol. The van der Waals surface area contributed by atoms with E-state index in [0.717, 1.165) is 29.2 Å². The summed E-state index contributed by atoms with van der Waals surface area (Å²) in [6.07, 6.45) is 0.793. The van der Waals surface area contributed by atoms with Gasteiger partial charge in [0.15, 0.2) is 0 Å². The molecule has 96 valence electrons. The molecule has 1 aromatic heterocycles. The van der Waals surface area contributed by atoms with Crippen LogP contribution in [0.4, 0.5) is 4.39 Å². The number of rotatable bonds is 5. The number of aromatic nitrogens is 1. The molecule has 0 saturated carbocycles. The van der Waals surface area contributed by atoms with E-state index in [1.165, 1.54) is 6.07 Å². The van der Waals surface area contributed by atoms with Gasteiger partial charge in [-0.1, -0.05) is 19.1 Å². The zero-order valence-electron chi connectivity index (χ0n) is 10.6. The molecule has 0 amide bonds. The van der Waals surface area contributed by atoms with Crippen LogP contribution in [0.15, 0.2) is 29.6 Å². The van der Waals surface area contributed by atoms with Gasteiger partial charge in [-0.2, -0.15) is 0 Å². The summed E-state index contributed by atoms with van der Waals surface area (Å²) >= 11 is 1.65. The van der Waals surface area contributed by atoms with E-state index in [1.54, 1.807) is 23.5 Å². The highest BCUT2D eigenvalue weighted by Crippen LogP contribution is 2.20. The van der Waals surface area contributed by atoms with E-state index in [9.17, 15) is 4.39 Å². The van der Waals surface area contributed by atoms with E-state index in [2.05, 4.69) is 22.6 Å². The maximum Gasteiger partial charge on any atom is 0.123 e. The van der Waals surface area contributed by atoms with Crippen molar-refractivity contribution in [1.82, 2.24) is 10.3 Å². The van der Waals surface area contributed by atoms with Gasteiger partial charge in [-0.05, 0) is 31.2 Å². The Balaban J connectivity index is 2.17. The van der Waals surface area contributed by atoms with Gasteiger partial charge in [0.05, 0.1) is 10.7 Å². The average molecular weight is 264 g/mol. The van der Waals surface area contributed by atoms with E-state index in [4.69, 9.17) is 0 Å². The van der Waals surface area contributed by atoms with Crippen LogP contribution in [0.3, 0.4) is 0 Å². The van der Waals surface area contributed by atoms with Gasteiger partial charge in [0.1, 0.15) is 5.82 Å². The number of nitrogens with zero attached hydrogens (tertiary/aromatic N) is 1. The van der Waals surface area contributed by atoms with Gasteiger partial charge in [-0.3, -0.25) is 0 Å². The smallest absolute Gasteiger partial charge is 0.123 e. The first kappa shape index (κ1) is 13.2. The van der Waals surface area contributed by atoms with Gasteiger partial charge in [-0.25, -0.2) is 9.37 Å². The molecule has 0 bridgehead atoms. The van der Waals surface area contributed by atoms with Crippen molar-refractivity contribution in [1.29, 1.82) is 0 Å². The Morgan fingerprint density at radius 2 is 2.28 bits per heavy atom. The van der Waals surface area contributed by atoms with E-state index in [1.807, 2.05) is 13.0 Å². The second kappa shape index (κ2) is 6.07. The molecule has 0 aliphatic carbocycles. The molecule has 0 spiro atoms. The summed E-state index contributed by atoms with van der Waals surface area (Å²) in [5, 5.41) is 6.52. The molecule has 2 rings (SSSR count). The van der Waals surface area contributed by atoms with Crippen molar-refractivity contribution in [3.05, 3.63) is 51.7 Å². The van der Waals surface area contributed by atoms with Crippen LogP contribution in [0.2, 0.25) is 0 Å². The minimum absolute atomic E-state index is 0.118. The quantitative estimate of drug-likeness (QED) is 0.894. The number of benzene rings is 1. The largest absolute Gasteiger partial charge is 0.310 e. The lowest BCUT2D eigenvalue weighted by molar-refractivity contribution is 0.538. The van der Waals surface area contributed by atoms with Crippen LogP contribution in [-0.4, -0.2) is 11.5 Å². The van der Waals surface area contributed by atoms with E-state index >= 15 is 0 Å². The van der Waals surface area contributed by atoms with Crippen molar-refractivity contribution in [2.24, 2.45) is 0 Å². The Kier molecular flexibility index (Phi) is 4.44. The summed E-state index contributed by atoms with van der Waals surface area (Å²) < 4.78 is 13.3. The summed E-state index contributed by atoms with van der Waals surface area (Å²) in [7, 11) is 0. The molecule has 2 aromatic rings. The van der Waals surface area contributed by atoms with Gasteiger partial charge in [-0.15, -0.1) is 11.3 Å². The second-order valence-electron chi connectivity index (χ2n) is 4.23. The Bertz CT molecular complexity index is 510. The van der Waals surface area contributed by atoms with Crippen LogP contribution in [0.5, 0.6) is 0 Å². The molecule has 1 N–H and O–H groups in total. The SMILES string of the molecule is CCNC(Cc1csc(C)n1)c1cccc(F)c1. The standard InChI is InChI=1S/C14H17FN2S/c1-3-16-14(8-13-9-18-10(2)17-13)11-5-4-6-12(15)7-11/h4-7,9,14,16H,3,8H2,1-2H3. The van der Waals surface area contributed by atoms with E-state index in [0.29, 0.717) is 0 Å². The summed E-state index contributed by atoms with van der Waals surface area (Å²) in [4.78, 5) is 4.47. The zero-order chi connectivity index (χ0) is 13.0.